The van der Waals surface area contributed by atoms with Crippen LogP contribution in [-0.4, -0.2) is 97.6 Å². The Bertz CT molecular complexity index is 309. The molecule has 3 amide bonds. The Morgan fingerprint density at radius 1 is 0.684 bits per heavy atom. The molecular weight excluding hydrogens is 248 g/mol. The molecule has 0 saturated carbocycles. The molecule has 1 aliphatic rings. The van der Waals surface area contributed by atoms with Crippen molar-refractivity contribution in [3.05, 3.63) is 0 Å². The van der Waals surface area contributed by atoms with Gasteiger partial charge in [-0.3, -0.25) is 14.4 Å². The highest BCUT2D eigenvalue weighted by atomic mass is 16.1. The molecule has 0 unspecified atom stereocenters. The SMILES string of the molecule is C=[N+]1CCN(C=O)CCN(C=O)CCN(C=O)CC1. The van der Waals surface area contributed by atoms with Crippen molar-refractivity contribution in [2.45, 2.75) is 0 Å². The molecule has 0 radical (unpaired) electrons. The normalized spacial score (nSPS) is 19.4. The van der Waals surface area contributed by atoms with Crippen LogP contribution in [-0.2, 0) is 14.4 Å². The van der Waals surface area contributed by atoms with Crippen LogP contribution < -0.4 is 0 Å². The summed E-state index contributed by atoms with van der Waals surface area (Å²) in [7, 11) is 0. The van der Waals surface area contributed by atoms with Crippen molar-refractivity contribution < 1.29 is 19.0 Å². The minimum Gasteiger partial charge on any atom is -0.342 e. The molecule has 0 spiro atoms. The van der Waals surface area contributed by atoms with Gasteiger partial charge in [0.1, 0.15) is 6.72 Å². The van der Waals surface area contributed by atoms with Crippen LogP contribution in [0.3, 0.4) is 0 Å². The molecule has 1 saturated heterocycles. The van der Waals surface area contributed by atoms with Crippen molar-refractivity contribution in [1.82, 2.24) is 14.7 Å². The van der Waals surface area contributed by atoms with E-state index in [1.54, 1.807) is 14.7 Å². The lowest BCUT2D eigenvalue weighted by atomic mass is 10.4. The molecular formula is C12H21N4O3+. The minimum absolute atomic E-state index is 0.478. The first kappa shape index (κ1) is 15.1. The van der Waals surface area contributed by atoms with Gasteiger partial charge in [0.15, 0.2) is 13.1 Å². The zero-order chi connectivity index (χ0) is 14.1. The average Bonchev–Trinajstić information content (AvgIpc) is 2.43. The van der Waals surface area contributed by atoms with Crippen molar-refractivity contribution in [3.63, 3.8) is 0 Å². The Labute approximate surface area is 113 Å². The first-order chi connectivity index (χ1) is 9.19. The van der Waals surface area contributed by atoms with Crippen LogP contribution in [0, 0.1) is 0 Å². The van der Waals surface area contributed by atoms with E-state index >= 15 is 0 Å². The summed E-state index contributed by atoms with van der Waals surface area (Å²) < 4.78 is 1.84. The van der Waals surface area contributed by atoms with Gasteiger partial charge in [-0.15, -0.1) is 0 Å². The Morgan fingerprint density at radius 2 is 1.00 bits per heavy atom. The summed E-state index contributed by atoms with van der Waals surface area (Å²) in [5.41, 5.74) is 0. The highest BCUT2D eigenvalue weighted by Crippen LogP contribution is 1.93. The van der Waals surface area contributed by atoms with Gasteiger partial charge in [0, 0.05) is 26.2 Å². The van der Waals surface area contributed by atoms with E-state index in [-0.39, 0.29) is 0 Å². The van der Waals surface area contributed by atoms with E-state index in [9.17, 15) is 14.4 Å². The topological polar surface area (TPSA) is 63.9 Å². The summed E-state index contributed by atoms with van der Waals surface area (Å²) in [5, 5.41) is 0. The molecule has 7 heteroatoms. The Morgan fingerprint density at radius 3 is 1.32 bits per heavy atom. The number of nitrogens with zero attached hydrogens (tertiary/aromatic N) is 4. The third-order valence-corrected chi connectivity index (χ3v) is 3.20. The fourth-order valence-corrected chi connectivity index (χ4v) is 1.82. The summed E-state index contributed by atoms with van der Waals surface area (Å²) in [4.78, 5) is 37.6. The van der Waals surface area contributed by atoms with E-state index in [4.69, 9.17) is 0 Å². The van der Waals surface area contributed by atoms with Gasteiger partial charge < -0.3 is 14.7 Å². The highest BCUT2D eigenvalue weighted by molar-refractivity contribution is 5.49. The van der Waals surface area contributed by atoms with Crippen molar-refractivity contribution in [2.24, 2.45) is 0 Å². The zero-order valence-electron chi connectivity index (χ0n) is 11.1. The van der Waals surface area contributed by atoms with Gasteiger partial charge >= 0.3 is 0 Å². The van der Waals surface area contributed by atoms with E-state index in [1.807, 2.05) is 4.58 Å². The molecule has 0 N–H and O–H groups in total. The quantitative estimate of drug-likeness (QED) is 0.443. The summed E-state index contributed by atoms with van der Waals surface area (Å²) >= 11 is 0. The lowest BCUT2D eigenvalue weighted by molar-refractivity contribution is -0.518. The predicted octanol–water partition coefficient (Wildman–Crippen LogP) is -1.91. The molecule has 1 aliphatic heterocycles. The standard InChI is InChI=1S/C12H21N4O3/c1-13-2-4-14(10-17)6-8-16(12-19)9-7-15(11-18)5-3-13/h10-12H,1-9H2/q+1. The van der Waals surface area contributed by atoms with E-state index in [2.05, 4.69) is 6.72 Å². The molecule has 0 atom stereocenters. The largest absolute Gasteiger partial charge is 0.342 e. The Hall–Kier alpha value is -1.92. The van der Waals surface area contributed by atoms with Crippen LogP contribution in [0.25, 0.3) is 0 Å². The molecule has 1 rings (SSSR count). The molecule has 19 heavy (non-hydrogen) atoms. The lowest BCUT2D eigenvalue weighted by Crippen LogP contribution is -2.42. The van der Waals surface area contributed by atoms with Gasteiger partial charge in [0.2, 0.25) is 19.2 Å². The average molecular weight is 269 g/mol. The minimum atomic E-state index is 0.478. The van der Waals surface area contributed by atoms with Crippen LogP contribution in [0.15, 0.2) is 0 Å². The predicted molar refractivity (Wildman–Crippen MR) is 70.0 cm³/mol. The highest BCUT2D eigenvalue weighted by Gasteiger charge is 2.13. The van der Waals surface area contributed by atoms with E-state index < -0.39 is 0 Å². The van der Waals surface area contributed by atoms with E-state index in [0.29, 0.717) is 52.4 Å². The van der Waals surface area contributed by atoms with E-state index in [0.717, 1.165) is 19.2 Å². The van der Waals surface area contributed by atoms with Crippen LogP contribution in [0.1, 0.15) is 0 Å². The van der Waals surface area contributed by atoms with Gasteiger partial charge in [-0.1, -0.05) is 0 Å². The maximum Gasteiger partial charge on any atom is 0.209 e. The second-order valence-electron chi connectivity index (χ2n) is 4.54. The number of carbonyl (C=O) groups excluding carboxylic acids is 3. The molecule has 106 valence electrons. The fourth-order valence-electron chi connectivity index (χ4n) is 1.82. The van der Waals surface area contributed by atoms with Gasteiger partial charge in [-0.05, 0) is 0 Å². The maximum atomic E-state index is 10.9. The van der Waals surface area contributed by atoms with Crippen LogP contribution in [0.4, 0.5) is 0 Å². The molecule has 0 aromatic heterocycles. The maximum absolute atomic E-state index is 10.9. The number of amides is 3. The van der Waals surface area contributed by atoms with Crippen molar-refractivity contribution >= 4 is 25.9 Å². The molecule has 0 aromatic rings. The van der Waals surface area contributed by atoms with Crippen LogP contribution >= 0.6 is 0 Å². The number of rotatable bonds is 3. The lowest BCUT2D eigenvalue weighted by Gasteiger charge is -2.25. The number of hydrogen-bond donors (Lipinski definition) is 0. The smallest absolute Gasteiger partial charge is 0.209 e. The summed E-state index contributed by atoms with van der Waals surface area (Å²) in [6.45, 7) is 8.26. The van der Waals surface area contributed by atoms with Crippen LogP contribution in [0.5, 0.6) is 0 Å². The third kappa shape index (κ3) is 5.50. The molecule has 1 fully saturated rings. The summed E-state index contributed by atoms with van der Waals surface area (Å²) in [6, 6.07) is 0. The first-order valence-corrected chi connectivity index (χ1v) is 6.33. The molecule has 0 bridgehead atoms. The number of carbonyl (C=O) groups is 3. The second kappa shape index (κ2) is 8.23. The molecule has 0 aliphatic carbocycles. The number of hydrogen-bond acceptors (Lipinski definition) is 3. The van der Waals surface area contributed by atoms with E-state index in [1.165, 1.54) is 0 Å². The van der Waals surface area contributed by atoms with Gasteiger partial charge in [-0.25, -0.2) is 4.58 Å². The Balaban J connectivity index is 2.63. The molecule has 0 aromatic carbocycles. The third-order valence-electron chi connectivity index (χ3n) is 3.20. The first-order valence-electron chi connectivity index (χ1n) is 6.33. The van der Waals surface area contributed by atoms with Gasteiger partial charge in [-0.2, -0.15) is 0 Å². The van der Waals surface area contributed by atoms with Crippen LogP contribution in [0.2, 0.25) is 0 Å². The molecule has 7 nitrogen and oxygen atoms in total. The Kier molecular flexibility index (Phi) is 6.56. The van der Waals surface area contributed by atoms with Crippen molar-refractivity contribution in [1.29, 1.82) is 0 Å². The molecule has 1 heterocycles. The second-order valence-corrected chi connectivity index (χ2v) is 4.54. The van der Waals surface area contributed by atoms with Crippen molar-refractivity contribution in [3.8, 4) is 0 Å². The summed E-state index contributed by atoms with van der Waals surface area (Å²) in [5.74, 6) is 0. The monoisotopic (exact) mass is 269 g/mol. The van der Waals surface area contributed by atoms with Crippen molar-refractivity contribution in [2.75, 3.05) is 52.4 Å². The zero-order valence-corrected chi connectivity index (χ0v) is 11.1. The van der Waals surface area contributed by atoms with Gasteiger partial charge in [0.25, 0.3) is 0 Å². The summed E-state index contributed by atoms with van der Waals surface area (Å²) in [6.07, 6.45) is 2.34. The van der Waals surface area contributed by atoms with Gasteiger partial charge in [0.05, 0.1) is 13.1 Å². The fraction of sp³-hybridized carbons (Fsp3) is 0.667.